The number of rotatable bonds is 1. The molecule has 0 saturated carbocycles. The Hall–Kier alpha value is -2.36. The Kier molecular flexibility index (Phi) is 1.86. The highest BCUT2D eigenvalue weighted by Crippen LogP contribution is 2.20. The van der Waals surface area contributed by atoms with Gasteiger partial charge in [-0.3, -0.25) is 9.89 Å². The monoisotopic (exact) mass is 211 g/mol. The lowest BCUT2D eigenvalue weighted by Gasteiger charge is -2.00. The summed E-state index contributed by atoms with van der Waals surface area (Å²) >= 11 is 0. The topological polar surface area (TPSA) is 61.5 Å². The van der Waals surface area contributed by atoms with Gasteiger partial charge in [0, 0.05) is 23.3 Å². The third kappa shape index (κ3) is 1.40. The van der Waals surface area contributed by atoms with Gasteiger partial charge in [-0.1, -0.05) is 6.07 Å². The van der Waals surface area contributed by atoms with Crippen LogP contribution in [0.25, 0.3) is 22.2 Å². The van der Waals surface area contributed by atoms with E-state index in [1.807, 2.05) is 30.3 Å². The van der Waals surface area contributed by atoms with E-state index in [4.69, 9.17) is 0 Å². The Morgan fingerprint density at radius 1 is 1.06 bits per heavy atom. The molecule has 0 unspecified atom stereocenters. The van der Waals surface area contributed by atoms with E-state index in [9.17, 15) is 4.79 Å². The number of fused-ring (bicyclic) bond motifs is 1. The molecule has 16 heavy (non-hydrogen) atoms. The molecule has 3 aromatic rings. The lowest BCUT2D eigenvalue weighted by atomic mass is 10.1. The van der Waals surface area contributed by atoms with Crippen molar-refractivity contribution in [3.8, 4) is 11.3 Å². The van der Waals surface area contributed by atoms with E-state index in [1.54, 1.807) is 6.20 Å². The van der Waals surface area contributed by atoms with E-state index in [-0.39, 0.29) is 5.56 Å². The molecule has 78 valence electrons. The number of hydrogen-bond acceptors (Lipinski definition) is 2. The van der Waals surface area contributed by atoms with Gasteiger partial charge in [-0.05, 0) is 29.7 Å². The first-order valence-electron chi connectivity index (χ1n) is 4.96. The second kappa shape index (κ2) is 3.34. The highest BCUT2D eigenvalue weighted by atomic mass is 16.1. The molecule has 0 aliphatic carbocycles. The van der Waals surface area contributed by atoms with Crippen LogP contribution >= 0.6 is 0 Å². The third-order valence-corrected chi connectivity index (χ3v) is 2.54. The fraction of sp³-hybridized carbons (Fsp3) is 0. The van der Waals surface area contributed by atoms with Crippen molar-refractivity contribution in [2.75, 3.05) is 0 Å². The van der Waals surface area contributed by atoms with E-state index in [2.05, 4.69) is 15.2 Å². The Bertz CT molecular complexity index is 683. The average Bonchev–Trinajstić information content (AvgIpc) is 2.82. The molecule has 0 fully saturated rings. The van der Waals surface area contributed by atoms with E-state index >= 15 is 0 Å². The molecule has 0 spiro atoms. The number of nitrogens with zero attached hydrogens (tertiary/aromatic N) is 1. The summed E-state index contributed by atoms with van der Waals surface area (Å²) in [7, 11) is 0. The Balaban J connectivity index is 2.24. The maximum absolute atomic E-state index is 11.1. The molecule has 4 nitrogen and oxygen atoms in total. The number of pyridine rings is 1. The van der Waals surface area contributed by atoms with Gasteiger partial charge in [-0.25, -0.2) is 0 Å². The van der Waals surface area contributed by atoms with Crippen LogP contribution in [0.1, 0.15) is 0 Å². The summed E-state index contributed by atoms with van der Waals surface area (Å²) in [5.74, 6) is 0. The second-order valence-corrected chi connectivity index (χ2v) is 3.59. The van der Waals surface area contributed by atoms with Crippen molar-refractivity contribution in [1.82, 2.24) is 15.2 Å². The van der Waals surface area contributed by atoms with Gasteiger partial charge < -0.3 is 4.98 Å². The molecule has 0 saturated heterocycles. The van der Waals surface area contributed by atoms with E-state index < -0.39 is 0 Å². The lowest BCUT2D eigenvalue weighted by Crippen LogP contribution is -2.01. The zero-order valence-corrected chi connectivity index (χ0v) is 8.40. The molecule has 2 heterocycles. The summed E-state index contributed by atoms with van der Waals surface area (Å²) in [5.41, 5.74) is 2.78. The molecular formula is C12H9N3O. The predicted octanol–water partition coefficient (Wildman–Crippen LogP) is 1.92. The summed E-state index contributed by atoms with van der Waals surface area (Å²) in [6.45, 7) is 0. The minimum Gasteiger partial charge on any atom is -0.322 e. The van der Waals surface area contributed by atoms with Crippen molar-refractivity contribution in [2.45, 2.75) is 0 Å². The van der Waals surface area contributed by atoms with Crippen molar-refractivity contribution in [3.63, 3.8) is 0 Å². The van der Waals surface area contributed by atoms with Gasteiger partial charge in [0.1, 0.15) is 0 Å². The summed E-state index contributed by atoms with van der Waals surface area (Å²) in [6.07, 6.45) is 1.71. The molecule has 0 atom stereocenters. The second-order valence-electron chi connectivity index (χ2n) is 3.59. The number of nitrogens with one attached hydrogen (secondary N) is 2. The molecule has 2 aromatic heterocycles. The van der Waals surface area contributed by atoms with Crippen LogP contribution in [0.3, 0.4) is 0 Å². The molecular weight excluding hydrogens is 202 g/mol. The van der Waals surface area contributed by atoms with Crippen LogP contribution < -0.4 is 5.56 Å². The van der Waals surface area contributed by atoms with Crippen molar-refractivity contribution in [3.05, 3.63) is 52.9 Å². The SMILES string of the molecule is O=c1ccc2cc(-c3ccn[nH]3)ccc2[nH]1. The number of benzene rings is 1. The highest BCUT2D eigenvalue weighted by Gasteiger charge is 2.00. The zero-order valence-electron chi connectivity index (χ0n) is 8.40. The fourth-order valence-corrected chi connectivity index (χ4v) is 1.74. The average molecular weight is 211 g/mol. The minimum atomic E-state index is -0.0817. The van der Waals surface area contributed by atoms with Crippen LogP contribution in [-0.2, 0) is 0 Å². The third-order valence-electron chi connectivity index (χ3n) is 2.54. The Morgan fingerprint density at radius 3 is 2.81 bits per heavy atom. The molecule has 0 amide bonds. The minimum absolute atomic E-state index is 0.0817. The molecule has 2 N–H and O–H groups in total. The number of hydrogen-bond donors (Lipinski definition) is 2. The van der Waals surface area contributed by atoms with Crippen LogP contribution in [0.2, 0.25) is 0 Å². The first-order chi connectivity index (χ1) is 7.83. The van der Waals surface area contributed by atoms with Crippen molar-refractivity contribution < 1.29 is 0 Å². The zero-order chi connectivity index (χ0) is 11.0. The number of aromatic amines is 2. The maximum atomic E-state index is 11.1. The number of H-pyrrole nitrogens is 2. The quantitative estimate of drug-likeness (QED) is 0.646. The lowest BCUT2D eigenvalue weighted by molar-refractivity contribution is 1.10. The Labute approximate surface area is 90.9 Å². The van der Waals surface area contributed by atoms with Crippen LogP contribution in [0.15, 0.2) is 47.4 Å². The number of aromatic nitrogens is 3. The van der Waals surface area contributed by atoms with E-state index in [0.717, 1.165) is 22.2 Å². The van der Waals surface area contributed by atoms with Crippen molar-refractivity contribution in [1.29, 1.82) is 0 Å². The predicted molar refractivity (Wildman–Crippen MR) is 62.2 cm³/mol. The molecule has 0 aliphatic heterocycles. The van der Waals surface area contributed by atoms with Crippen LogP contribution in [0, 0.1) is 0 Å². The first kappa shape index (κ1) is 8.91. The van der Waals surface area contributed by atoms with Crippen LogP contribution in [-0.4, -0.2) is 15.2 Å². The van der Waals surface area contributed by atoms with Gasteiger partial charge in [0.25, 0.3) is 0 Å². The smallest absolute Gasteiger partial charge is 0.248 e. The normalized spacial score (nSPS) is 10.8. The van der Waals surface area contributed by atoms with Gasteiger partial charge in [0.2, 0.25) is 5.56 Å². The molecule has 4 heteroatoms. The van der Waals surface area contributed by atoms with E-state index in [0.29, 0.717) is 0 Å². The highest BCUT2D eigenvalue weighted by molar-refractivity contribution is 5.83. The van der Waals surface area contributed by atoms with Gasteiger partial charge in [0.05, 0.1) is 5.69 Å². The van der Waals surface area contributed by atoms with E-state index in [1.165, 1.54) is 6.07 Å². The molecule has 1 aromatic carbocycles. The van der Waals surface area contributed by atoms with Gasteiger partial charge in [0.15, 0.2) is 0 Å². The summed E-state index contributed by atoms with van der Waals surface area (Å²) in [4.78, 5) is 13.9. The molecule has 3 rings (SSSR count). The maximum Gasteiger partial charge on any atom is 0.248 e. The van der Waals surface area contributed by atoms with Crippen molar-refractivity contribution in [2.24, 2.45) is 0 Å². The van der Waals surface area contributed by atoms with Crippen molar-refractivity contribution >= 4 is 10.9 Å². The standard InChI is InChI=1S/C12H9N3O/c16-12-4-2-8-7-9(1-3-10(8)14-12)11-5-6-13-15-11/h1-7H,(H,13,15)(H,14,16). The summed E-state index contributed by atoms with van der Waals surface area (Å²) in [5, 5.41) is 7.82. The van der Waals surface area contributed by atoms with Gasteiger partial charge in [-0.15, -0.1) is 0 Å². The Morgan fingerprint density at radius 2 is 2.00 bits per heavy atom. The molecule has 0 bridgehead atoms. The molecule has 0 aliphatic rings. The summed E-state index contributed by atoms with van der Waals surface area (Å²) in [6, 6.07) is 11.1. The van der Waals surface area contributed by atoms with Crippen LogP contribution in [0.5, 0.6) is 0 Å². The van der Waals surface area contributed by atoms with Crippen LogP contribution in [0.4, 0.5) is 0 Å². The molecule has 0 radical (unpaired) electrons. The first-order valence-corrected chi connectivity index (χ1v) is 4.96. The fourth-order valence-electron chi connectivity index (χ4n) is 1.74. The van der Waals surface area contributed by atoms with Gasteiger partial charge >= 0.3 is 0 Å². The largest absolute Gasteiger partial charge is 0.322 e. The van der Waals surface area contributed by atoms with Gasteiger partial charge in [-0.2, -0.15) is 5.10 Å². The summed E-state index contributed by atoms with van der Waals surface area (Å²) < 4.78 is 0.